The lowest BCUT2D eigenvalue weighted by Gasteiger charge is -2.34. The van der Waals surface area contributed by atoms with Crippen LogP contribution in [0, 0.1) is 11.8 Å². The molecule has 0 N–H and O–H groups in total. The van der Waals surface area contributed by atoms with Gasteiger partial charge >= 0.3 is 0 Å². The Morgan fingerprint density at radius 1 is 1.47 bits per heavy atom. The van der Waals surface area contributed by atoms with Gasteiger partial charge in [-0.25, -0.2) is 8.42 Å². The van der Waals surface area contributed by atoms with Crippen LogP contribution in [0.5, 0.6) is 0 Å². The summed E-state index contributed by atoms with van der Waals surface area (Å²) >= 11 is 8.82. The summed E-state index contributed by atoms with van der Waals surface area (Å²) in [7, 11) is -3.50. The van der Waals surface area contributed by atoms with E-state index < -0.39 is 10.0 Å². The molecule has 1 aliphatic heterocycles. The van der Waals surface area contributed by atoms with Crippen LogP contribution in [-0.4, -0.2) is 25.8 Å². The van der Waals surface area contributed by atoms with E-state index in [0.717, 1.165) is 6.42 Å². The van der Waals surface area contributed by atoms with Crippen molar-refractivity contribution in [2.75, 3.05) is 13.1 Å². The largest absolute Gasteiger partial charge is 0.452 e. The molecule has 19 heavy (non-hydrogen) atoms. The van der Waals surface area contributed by atoms with E-state index in [4.69, 9.17) is 16.0 Å². The maximum atomic E-state index is 12.6. The zero-order chi connectivity index (χ0) is 14.2. The van der Waals surface area contributed by atoms with E-state index in [9.17, 15) is 8.42 Å². The van der Waals surface area contributed by atoms with Crippen molar-refractivity contribution in [1.29, 1.82) is 0 Å². The first kappa shape index (κ1) is 15.4. The molecule has 0 saturated carbocycles. The van der Waals surface area contributed by atoms with Gasteiger partial charge in [0.05, 0.1) is 5.88 Å². The van der Waals surface area contributed by atoms with Crippen LogP contribution in [-0.2, 0) is 15.9 Å². The minimum absolute atomic E-state index is 0.154. The van der Waals surface area contributed by atoms with Crippen LogP contribution in [0.25, 0.3) is 0 Å². The third kappa shape index (κ3) is 3.01. The number of rotatable bonds is 3. The van der Waals surface area contributed by atoms with Crippen molar-refractivity contribution >= 4 is 37.6 Å². The number of furan rings is 1. The van der Waals surface area contributed by atoms with Gasteiger partial charge in [0.1, 0.15) is 10.7 Å². The highest BCUT2D eigenvalue weighted by molar-refractivity contribution is 9.10. The average molecular weight is 371 g/mol. The minimum Gasteiger partial charge on any atom is -0.452 e. The molecule has 1 aliphatic rings. The van der Waals surface area contributed by atoms with E-state index in [1.54, 1.807) is 0 Å². The van der Waals surface area contributed by atoms with Crippen molar-refractivity contribution < 1.29 is 12.8 Å². The maximum absolute atomic E-state index is 12.6. The predicted octanol–water partition coefficient (Wildman–Crippen LogP) is 3.45. The van der Waals surface area contributed by atoms with Gasteiger partial charge in [-0.2, -0.15) is 4.31 Å². The SMILES string of the molecule is CC1CCN(S(=O)(=O)c2cc(CCl)oc2Br)CC1C. The molecule has 1 saturated heterocycles. The molecule has 2 rings (SSSR count). The fourth-order valence-corrected chi connectivity index (χ4v) is 4.87. The van der Waals surface area contributed by atoms with E-state index >= 15 is 0 Å². The van der Waals surface area contributed by atoms with Crippen LogP contribution in [0.4, 0.5) is 0 Å². The van der Waals surface area contributed by atoms with Crippen molar-refractivity contribution in [1.82, 2.24) is 4.31 Å². The molecule has 4 nitrogen and oxygen atoms in total. The first-order chi connectivity index (χ1) is 8.86. The Balaban J connectivity index is 2.29. The van der Waals surface area contributed by atoms with Gasteiger partial charge in [-0.15, -0.1) is 11.6 Å². The molecule has 1 fully saturated rings. The third-order valence-corrected chi connectivity index (χ3v) is 6.74. The fourth-order valence-electron chi connectivity index (χ4n) is 2.22. The van der Waals surface area contributed by atoms with Crippen LogP contribution in [0.2, 0.25) is 0 Å². The molecule has 108 valence electrons. The van der Waals surface area contributed by atoms with Crippen LogP contribution in [0.1, 0.15) is 26.0 Å². The maximum Gasteiger partial charge on any atom is 0.247 e. The summed E-state index contributed by atoms with van der Waals surface area (Å²) in [6, 6.07) is 1.50. The van der Waals surface area contributed by atoms with E-state index in [2.05, 4.69) is 29.8 Å². The topological polar surface area (TPSA) is 50.5 Å². The van der Waals surface area contributed by atoms with Gasteiger partial charge < -0.3 is 4.42 Å². The summed E-state index contributed by atoms with van der Waals surface area (Å²) in [5.41, 5.74) is 0. The van der Waals surface area contributed by atoms with Crippen LogP contribution >= 0.6 is 27.5 Å². The molecule has 0 amide bonds. The number of sulfonamides is 1. The molecule has 0 bridgehead atoms. The molecule has 2 heterocycles. The van der Waals surface area contributed by atoms with Gasteiger partial charge in [0.25, 0.3) is 0 Å². The Morgan fingerprint density at radius 3 is 2.68 bits per heavy atom. The predicted molar refractivity (Wildman–Crippen MR) is 77.7 cm³/mol. The number of alkyl halides is 1. The summed E-state index contributed by atoms with van der Waals surface area (Å²) in [5.74, 6) is 1.52. The Bertz CT molecular complexity index is 557. The van der Waals surface area contributed by atoms with Gasteiger partial charge in [0.15, 0.2) is 4.67 Å². The molecule has 0 aliphatic carbocycles. The Hall–Kier alpha value is -0.0400. The van der Waals surface area contributed by atoms with Crippen molar-refractivity contribution in [2.24, 2.45) is 11.8 Å². The zero-order valence-electron chi connectivity index (χ0n) is 10.9. The molecular weight excluding hydrogens is 354 g/mol. The Labute approximate surface area is 127 Å². The number of hydrogen-bond acceptors (Lipinski definition) is 3. The standard InChI is InChI=1S/C12H17BrClNO3S/c1-8-3-4-15(7-9(8)2)19(16,17)11-5-10(6-14)18-12(11)13/h5,8-9H,3-4,6-7H2,1-2H3. The van der Waals surface area contributed by atoms with E-state index in [0.29, 0.717) is 30.7 Å². The normalized spacial score (nSPS) is 25.7. The number of hydrogen-bond donors (Lipinski definition) is 0. The lowest BCUT2D eigenvalue weighted by molar-refractivity contribution is 0.212. The number of nitrogens with zero attached hydrogens (tertiary/aromatic N) is 1. The van der Waals surface area contributed by atoms with Gasteiger partial charge in [-0.3, -0.25) is 0 Å². The monoisotopic (exact) mass is 369 g/mol. The highest BCUT2D eigenvalue weighted by Gasteiger charge is 2.34. The quantitative estimate of drug-likeness (QED) is 0.766. The number of halogens is 2. The van der Waals surface area contributed by atoms with Gasteiger partial charge in [-0.1, -0.05) is 13.8 Å². The molecule has 2 atom stereocenters. The van der Waals surface area contributed by atoms with E-state index in [-0.39, 0.29) is 15.4 Å². The zero-order valence-corrected chi connectivity index (χ0v) is 14.1. The van der Waals surface area contributed by atoms with Gasteiger partial charge in [0.2, 0.25) is 10.0 Å². The van der Waals surface area contributed by atoms with Crippen molar-refractivity contribution in [3.8, 4) is 0 Å². The summed E-state index contributed by atoms with van der Waals surface area (Å²) in [6.07, 6.45) is 0.887. The fraction of sp³-hybridized carbons (Fsp3) is 0.667. The Kier molecular flexibility index (Phi) is 4.65. The first-order valence-corrected chi connectivity index (χ1v) is 8.97. The molecule has 0 radical (unpaired) electrons. The highest BCUT2D eigenvalue weighted by atomic mass is 79.9. The molecule has 7 heteroatoms. The third-order valence-electron chi connectivity index (χ3n) is 3.75. The molecule has 1 aromatic heterocycles. The molecular formula is C12H17BrClNO3S. The van der Waals surface area contributed by atoms with Crippen molar-refractivity contribution in [3.63, 3.8) is 0 Å². The van der Waals surface area contributed by atoms with Crippen molar-refractivity contribution in [3.05, 3.63) is 16.5 Å². The molecule has 2 unspecified atom stereocenters. The Morgan fingerprint density at radius 2 is 2.16 bits per heavy atom. The van der Waals surface area contributed by atoms with E-state index in [1.165, 1.54) is 10.4 Å². The van der Waals surface area contributed by atoms with Crippen molar-refractivity contribution in [2.45, 2.75) is 31.0 Å². The summed E-state index contributed by atoms with van der Waals surface area (Å²) in [5, 5.41) is 0. The second-order valence-electron chi connectivity index (χ2n) is 5.09. The van der Waals surface area contributed by atoms with E-state index in [1.807, 2.05) is 0 Å². The van der Waals surface area contributed by atoms with Crippen LogP contribution in [0.3, 0.4) is 0 Å². The lowest BCUT2D eigenvalue weighted by Crippen LogP contribution is -2.42. The summed E-state index contributed by atoms with van der Waals surface area (Å²) < 4.78 is 32.2. The van der Waals surface area contributed by atoms with Gasteiger partial charge in [-0.05, 0) is 34.2 Å². The van der Waals surface area contributed by atoms with Crippen LogP contribution < -0.4 is 0 Å². The molecule has 1 aromatic rings. The summed E-state index contributed by atoms with van der Waals surface area (Å²) in [4.78, 5) is 0.171. The smallest absolute Gasteiger partial charge is 0.247 e. The minimum atomic E-state index is -3.50. The van der Waals surface area contributed by atoms with Gasteiger partial charge in [0, 0.05) is 19.2 Å². The highest BCUT2D eigenvalue weighted by Crippen LogP contribution is 2.32. The first-order valence-electron chi connectivity index (χ1n) is 6.20. The lowest BCUT2D eigenvalue weighted by atomic mass is 9.90. The van der Waals surface area contributed by atoms with Crippen LogP contribution in [0.15, 0.2) is 20.0 Å². The number of piperidine rings is 1. The average Bonchev–Trinajstić information content (AvgIpc) is 2.74. The molecule has 0 spiro atoms. The summed E-state index contributed by atoms with van der Waals surface area (Å²) in [6.45, 7) is 5.36. The molecule has 0 aromatic carbocycles. The second-order valence-corrected chi connectivity index (χ2v) is 7.98. The second kappa shape index (κ2) is 5.76.